The van der Waals surface area contributed by atoms with Gasteiger partial charge in [-0.05, 0) is 37.5 Å². The van der Waals surface area contributed by atoms with Gasteiger partial charge in [-0.1, -0.05) is 6.07 Å². The van der Waals surface area contributed by atoms with Crippen LogP contribution in [0.3, 0.4) is 0 Å². The summed E-state index contributed by atoms with van der Waals surface area (Å²) >= 11 is 0. The zero-order valence-electron chi connectivity index (χ0n) is 12.7. The van der Waals surface area contributed by atoms with Crippen molar-refractivity contribution in [1.82, 2.24) is 19.7 Å². The molecule has 1 saturated heterocycles. The van der Waals surface area contributed by atoms with Gasteiger partial charge in [0.05, 0.1) is 6.04 Å². The fourth-order valence-electron chi connectivity index (χ4n) is 3.09. The Balaban J connectivity index is 1.41. The second-order valence-corrected chi connectivity index (χ2v) is 6.20. The van der Waals surface area contributed by atoms with Gasteiger partial charge in [0, 0.05) is 24.7 Å². The molecule has 2 aliphatic rings. The van der Waals surface area contributed by atoms with Crippen molar-refractivity contribution in [2.24, 2.45) is 0 Å². The minimum absolute atomic E-state index is 0.195. The molecule has 1 aliphatic carbocycles. The first-order valence-corrected chi connectivity index (χ1v) is 7.91. The van der Waals surface area contributed by atoms with E-state index in [9.17, 15) is 9.18 Å². The number of likely N-dealkylation sites (tertiary alicyclic amines) is 1. The minimum atomic E-state index is -0.360. The number of anilines is 1. The highest BCUT2D eigenvalue weighted by molar-refractivity contribution is 5.89. The standard InChI is InChI=1S/C16H18FN5O/c17-12-2-1-3-13(8-12)19-16(23)21-7-6-14(9-21)22-10-18-20-15(22)11-4-5-11/h1-3,8,10-11,14H,4-7,9H2,(H,19,23). The molecule has 2 fully saturated rings. The molecule has 2 heterocycles. The number of hydrogen-bond acceptors (Lipinski definition) is 3. The smallest absolute Gasteiger partial charge is 0.321 e. The summed E-state index contributed by atoms with van der Waals surface area (Å²) in [6.45, 7) is 1.30. The molecule has 1 aliphatic heterocycles. The van der Waals surface area contributed by atoms with Gasteiger partial charge in [0.1, 0.15) is 18.0 Å². The van der Waals surface area contributed by atoms with Crippen LogP contribution in [0.25, 0.3) is 0 Å². The number of carbonyl (C=O) groups is 1. The van der Waals surface area contributed by atoms with E-state index in [1.807, 2.05) is 0 Å². The highest BCUT2D eigenvalue weighted by Crippen LogP contribution is 2.40. The average molecular weight is 315 g/mol. The highest BCUT2D eigenvalue weighted by Gasteiger charge is 2.34. The van der Waals surface area contributed by atoms with E-state index in [-0.39, 0.29) is 17.9 Å². The molecule has 6 nitrogen and oxygen atoms in total. The number of nitrogens with zero attached hydrogens (tertiary/aromatic N) is 4. The van der Waals surface area contributed by atoms with Gasteiger partial charge in [-0.2, -0.15) is 0 Å². The molecule has 1 unspecified atom stereocenters. The number of aromatic nitrogens is 3. The third kappa shape index (κ3) is 2.91. The average Bonchev–Trinajstić information content (AvgIpc) is 3.07. The largest absolute Gasteiger partial charge is 0.322 e. The van der Waals surface area contributed by atoms with E-state index in [0.717, 1.165) is 12.2 Å². The first kappa shape index (κ1) is 14.2. The SMILES string of the molecule is O=C(Nc1cccc(F)c1)N1CCC(n2cnnc2C2CC2)C1. The zero-order chi connectivity index (χ0) is 15.8. The van der Waals surface area contributed by atoms with Crippen LogP contribution in [0.2, 0.25) is 0 Å². The van der Waals surface area contributed by atoms with Gasteiger partial charge < -0.3 is 14.8 Å². The first-order chi connectivity index (χ1) is 11.2. The fourth-order valence-corrected chi connectivity index (χ4v) is 3.09. The Labute approximate surface area is 133 Å². The van der Waals surface area contributed by atoms with Gasteiger partial charge in [0.2, 0.25) is 0 Å². The van der Waals surface area contributed by atoms with E-state index < -0.39 is 0 Å². The summed E-state index contributed by atoms with van der Waals surface area (Å²) in [6, 6.07) is 5.96. The van der Waals surface area contributed by atoms with Crippen molar-refractivity contribution in [3.8, 4) is 0 Å². The van der Waals surface area contributed by atoms with Crippen molar-refractivity contribution < 1.29 is 9.18 Å². The predicted octanol–water partition coefficient (Wildman–Crippen LogP) is 2.77. The number of amides is 2. The van der Waals surface area contributed by atoms with Crippen LogP contribution >= 0.6 is 0 Å². The molecule has 23 heavy (non-hydrogen) atoms. The van der Waals surface area contributed by atoms with Crippen LogP contribution in [0, 0.1) is 5.82 Å². The Kier molecular flexibility index (Phi) is 3.48. The molecule has 1 saturated carbocycles. The van der Waals surface area contributed by atoms with E-state index in [4.69, 9.17) is 0 Å². The molecule has 1 aromatic heterocycles. The number of rotatable bonds is 3. The summed E-state index contributed by atoms with van der Waals surface area (Å²) in [5.74, 6) is 1.22. The number of nitrogens with one attached hydrogen (secondary N) is 1. The third-order valence-corrected chi connectivity index (χ3v) is 4.46. The van der Waals surface area contributed by atoms with E-state index in [0.29, 0.717) is 24.7 Å². The van der Waals surface area contributed by atoms with Gasteiger partial charge in [-0.25, -0.2) is 9.18 Å². The lowest BCUT2D eigenvalue weighted by atomic mass is 10.2. The Morgan fingerprint density at radius 3 is 2.96 bits per heavy atom. The molecule has 1 atom stereocenters. The second-order valence-electron chi connectivity index (χ2n) is 6.20. The van der Waals surface area contributed by atoms with Crippen molar-refractivity contribution in [2.45, 2.75) is 31.2 Å². The molecule has 2 aromatic rings. The number of carbonyl (C=O) groups excluding carboxylic acids is 1. The topological polar surface area (TPSA) is 63.1 Å². The highest BCUT2D eigenvalue weighted by atomic mass is 19.1. The van der Waals surface area contributed by atoms with Crippen LogP contribution in [0.1, 0.15) is 37.0 Å². The molecule has 2 amide bonds. The molecular weight excluding hydrogens is 297 g/mol. The van der Waals surface area contributed by atoms with Crippen LogP contribution in [0.15, 0.2) is 30.6 Å². The van der Waals surface area contributed by atoms with Crippen molar-refractivity contribution in [1.29, 1.82) is 0 Å². The molecule has 4 rings (SSSR count). The van der Waals surface area contributed by atoms with E-state index in [2.05, 4.69) is 20.1 Å². The summed E-state index contributed by atoms with van der Waals surface area (Å²) in [7, 11) is 0. The lowest BCUT2D eigenvalue weighted by molar-refractivity contribution is 0.221. The lowest BCUT2D eigenvalue weighted by Gasteiger charge is -2.18. The summed E-state index contributed by atoms with van der Waals surface area (Å²) in [5.41, 5.74) is 0.474. The second kappa shape index (κ2) is 5.64. The van der Waals surface area contributed by atoms with Gasteiger partial charge in [-0.3, -0.25) is 0 Å². The van der Waals surface area contributed by atoms with Crippen molar-refractivity contribution >= 4 is 11.7 Å². The molecule has 0 bridgehead atoms. The lowest BCUT2D eigenvalue weighted by Crippen LogP contribution is -2.33. The van der Waals surface area contributed by atoms with E-state index in [1.165, 1.54) is 25.0 Å². The monoisotopic (exact) mass is 315 g/mol. The van der Waals surface area contributed by atoms with Crippen LogP contribution < -0.4 is 5.32 Å². The molecule has 0 radical (unpaired) electrons. The molecular formula is C16H18FN5O. The van der Waals surface area contributed by atoms with Gasteiger partial charge in [0.25, 0.3) is 0 Å². The third-order valence-electron chi connectivity index (χ3n) is 4.46. The number of benzene rings is 1. The predicted molar refractivity (Wildman–Crippen MR) is 82.6 cm³/mol. The normalized spacial score (nSPS) is 20.7. The van der Waals surface area contributed by atoms with Gasteiger partial charge in [-0.15, -0.1) is 10.2 Å². The maximum absolute atomic E-state index is 13.2. The van der Waals surface area contributed by atoms with Crippen molar-refractivity contribution in [3.05, 3.63) is 42.2 Å². The molecule has 120 valence electrons. The maximum atomic E-state index is 13.2. The Bertz CT molecular complexity index is 727. The van der Waals surface area contributed by atoms with Crippen LogP contribution in [0.5, 0.6) is 0 Å². The zero-order valence-corrected chi connectivity index (χ0v) is 12.7. The van der Waals surface area contributed by atoms with Crippen LogP contribution in [-0.4, -0.2) is 38.8 Å². The number of halogens is 1. The minimum Gasteiger partial charge on any atom is -0.322 e. The van der Waals surface area contributed by atoms with Gasteiger partial charge >= 0.3 is 6.03 Å². The summed E-state index contributed by atoms with van der Waals surface area (Å²) in [5, 5.41) is 11.0. The van der Waals surface area contributed by atoms with Gasteiger partial charge in [0.15, 0.2) is 0 Å². The summed E-state index contributed by atoms with van der Waals surface area (Å²) in [4.78, 5) is 14.1. The van der Waals surface area contributed by atoms with E-state index in [1.54, 1.807) is 23.4 Å². The summed E-state index contributed by atoms with van der Waals surface area (Å²) in [6.07, 6.45) is 5.00. The van der Waals surface area contributed by atoms with Crippen LogP contribution in [-0.2, 0) is 0 Å². The Morgan fingerprint density at radius 2 is 2.17 bits per heavy atom. The maximum Gasteiger partial charge on any atom is 0.321 e. The quantitative estimate of drug-likeness (QED) is 0.947. The molecule has 0 spiro atoms. The molecule has 7 heteroatoms. The first-order valence-electron chi connectivity index (χ1n) is 7.91. The number of hydrogen-bond donors (Lipinski definition) is 1. The van der Waals surface area contributed by atoms with Crippen molar-refractivity contribution in [2.75, 3.05) is 18.4 Å². The molecule has 1 N–H and O–H groups in total. The summed E-state index contributed by atoms with van der Waals surface area (Å²) < 4.78 is 15.3. The van der Waals surface area contributed by atoms with Crippen LogP contribution in [0.4, 0.5) is 14.9 Å². The Hall–Kier alpha value is -2.44. The molecule has 1 aromatic carbocycles. The fraction of sp³-hybridized carbons (Fsp3) is 0.438. The van der Waals surface area contributed by atoms with Crippen molar-refractivity contribution in [3.63, 3.8) is 0 Å². The number of urea groups is 1. The Morgan fingerprint density at radius 1 is 1.30 bits per heavy atom. The van der Waals surface area contributed by atoms with E-state index >= 15 is 0 Å².